The molecule has 0 spiro atoms. The molecule has 2 aromatic heterocycles. The van der Waals surface area contributed by atoms with Crippen molar-refractivity contribution < 1.29 is 22.4 Å². The molecule has 1 saturated heterocycles. The van der Waals surface area contributed by atoms with Crippen LogP contribution < -0.4 is 5.69 Å². The number of carbonyl (C=O) groups excluding carboxylic acids is 1. The number of nitrogens with one attached hydrogen (secondary N) is 1. The van der Waals surface area contributed by atoms with Crippen LogP contribution in [0.25, 0.3) is 33.5 Å². The van der Waals surface area contributed by atoms with Crippen molar-refractivity contribution in [3.05, 3.63) is 65.3 Å². The van der Waals surface area contributed by atoms with E-state index in [-0.39, 0.29) is 25.6 Å². The van der Waals surface area contributed by atoms with Crippen molar-refractivity contribution in [2.24, 2.45) is 5.92 Å². The maximum Gasteiger partial charge on any atom is 0.471 e. The summed E-state index contributed by atoms with van der Waals surface area (Å²) in [4.78, 5) is 24.6. The molecule has 0 radical (unpaired) electrons. The van der Waals surface area contributed by atoms with Crippen molar-refractivity contribution in [1.29, 1.82) is 0 Å². The van der Waals surface area contributed by atoms with E-state index in [1.807, 2.05) is 48.5 Å². The molecule has 0 bridgehead atoms. The van der Waals surface area contributed by atoms with Gasteiger partial charge in [-0.25, -0.2) is 9.89 Å². The number of aromatic nitrogens is 3. The van der Waals surface area contributed by atoms with Crippen LogP contribution in [-0.2, 0) is 11.3 Å². The summed E-state index contributed by atoms with van der Waals surface area (Å²) < 4.78 is 44.9. The van der Waals surface area contributed by atoms with Crippen LogP contribution in [0.1, 0.15) is 6.42 Å². The zero-order valence-electron chi connectivity index (χ0n) is 17.3. The Bertz CT molecular complexity index is 1370. The zero-order chi connectivity index (χ0) is 23.2. The van der Waals surface area contributed by atoms with Crippen molar-refractivity contribution in [2.45, 2.75) is 19.1 Å². The number of rotatable bonds is 4. The molecule has 1 aliphatic heterocycles. The van der Waals surface area contributed by atoms with Gasteiger partial charge in [0.1, 0.15) is 5.58 Å². The average molecular weight is 456 g/mol. The first kappa shape index (κ1) is 21.0. The van der Waals surface area contributed by atoms with Crippen LogP contribution in [0.5, 0.6) is 0 Å². The molecule has 33 heavy (non-hydrogen) atoms. The molecular formula is C23H19F3N4O3. The number of hydrogen-bond donors (Lipinski definition) is 1. The molecule has 1 N–H and O–H groups in total. The fraction of sp³-hybridized carbons (Fsp3) is 0.261. The minimum absolute atomic E-state index is 0.0145. The molecule has 5 rings (SSSR count). The Morgan fingerprint density at radius 3 is 2.58 bits per heavy atom. The summed E-state index contributed by atoms with van der Waals surface area (Å²) in [5.74, 6) is -1.71. The number of H-pyrrole nitrogens is 1. The molecule has 1 atom stereocenters. The quantitative estimate of drug-likeness (QED) is 0.502. The summed E-state index contributed by atoms with van der Waals surface area (Å²) in [6, 6.07) is 15.3. The SMILES string of the molecule is O=C(N1CC[C@@H](Cn2c(-c3ccc(-c4ccc5occc5c4)cc3)n[nH]c2=O)C1)C(F)(F)F. The first-order valence-electron chi connectivity index (χ1n) is 10.4. The molecule has 10 heteroatoms. The Labute approximate surface area is 185 Å². The Morgan fingerprint density at radius 2 is 1.82 bits per heavy atom. The highest BCUT2D eigenvalue weighted by atomic mass is 19.4. The number of nitrogens with zero attached hydrogens (tertiary/aromatic N) is 3. The first-order chi connectivity index (χ1) is 15.8. The van der Waals surface area contributed by atoms with Gasteiger partial charge in [0.15, 0.2) is 5.82 Å². The van der Waals surface area contributed by atoms with Crippen LogP contribution in [0.3, 0.4) is 0 Å². The third-order valence-corrected chi connectivity index (χ3v) is 5.94. The normalized spacial score (nSPS) is 16.6. The lowest BCUT2D eigenvalue weighted by atomic mass is 10.0. The van der Waals surface area contributed by atoms with Crippen LogP contribution in [-0.4, -0.2) is 44.8 Å². The Balaban J connectivity index is 1.35. The number of carbonyl (C=O) groups is 1. The fourth-order valence-corrected chi connectivity index (χ4v) is 4.27. The standard InChI is InChI=1S/C23H19F3N4O3/c24-23(25,26)21(31)29-9-7-14(12-29)13-30-20(27-28-22(30)32)16-3-1-15(2-4-16)17-5-6-19-18(11-17)8-10-33-19/h1-6,8,10-11,14H,7,9,12-13H2,(H,28,32)/t14-/m1/s1. The van der Waals surface area contributed by atoms with Gasteiger partial charge in [0, 0.05) is 30.6 Å². The molecule has 1 amide bonds. The van der Waals surface area contributed by atoms with Gasteiger partial charge in [-0.2, -0.15) is 18.3 Å². The van der Waals surface area contributed by atoms with Gasteiger partial charge in [-0.05, 0) is 41.7 Å². The molecule has 0 saturated carbocycles. The van der Waals surface area contributed by atoms with Crippen molar-refractivity contribution in [2.75, 3.05) is 13.1 Å². The minimum atomic E-state index is -4.89. The van der Waals surface area contributed by atoms with E-state index in [0.29, 0.717) is 17.8 Å². The maximum absolute atomic E-state index is 12.7. The number of likely N-dealkylation sites (tertiary alicyclic amines) is 1. The predicted octanol–water partition coefficient (Wildman–Crippen LogP) is 4.06. The van der Waals surface area contributed by atoms with Gasteiger partial charge in [0.25, 0.3) is 0 Å². The van der Waals surface area contributed by atoms with Gasteiger partial charge in [0.05, 0.1) is 6.26 Å². The highest BCUT2D eigenvalue weighted by Gasteiger charge is 2.44. The summed E-state index contributed by atoms with van der Waals surface area (Å²) in [7, 11) is 0. The number of benzene rings is 2. The summed E-state index contributed by atoms with van der Waals surface area (Å²) in [6.07, 6.45) is -2.87. The third-order valence-electron chi connectivity index (χ3n) is 5.94. The third kappa shape index (κ3) is 4.04. The van der Waals surface area contributed by atoms with Crippen LogP contribution in [0, 0.1) is 5.92 Å². The number of aromatic amines is 1. The predicted molar refractivity (Wildman–Crippen MR) is 114 cm³/mol. The molecule has 0 aliphatic carbocycles. The first-order valence-corrected chi connectivity index (χ1v) is 10.4. The van der Waals surface area contributed by atoms with Gasteiger partial charge < -0.3 is 9.32 Å². The number of alkyl halides is 3. The van der Waals surface area contributed by atoms with E-state index in [1.165, 1.54) is 4.57 Å². The summed E-state index contributed by atoms with van der Waals surface area (Å²) in [5.41, 5.74) is 3.04. The fourth-order valence-electron chi connectivity index (χ4n) is 4.27. The van der Waals surface area contributed by atoms with Gasteiger partial charge in [-0.15, -0.1) is 0 Å². The second-order valence-electron chi connectivity index (χ2n) is 8.12. The zero-order valence-corrected chi connectivity index (χ0v) is 17.3. The Kier molecular flexibility index (Phi) is 5.07. The largest absolute Gasteiger partial charge is 0.471 e. The van der Waals surface area contributed by atoms with Crippen molar-refractivity contribution >= 4 is 16.9 Å². The van der Waals surface area contributed by atoms with E-state index in [0.717, 1.165) is 27.0 Å². The molecular weight excluding hydrogens is 437 g/mol. The van der Waals surface area contributed by atoms with Crippen LogP contribution >= 0.6 is 0 Å². The number of hydrogen-bond acceptors (Lipinski definition) is 4. The van der Waals surface area contributed by atoms with Gasteiger partial charge >= 0.3 is 17.8 Å². The van der Waals surface area contributed by atoms with Gasteiger partial charge in [-0.1, -0.05) is 30.3 Å². The van der Waals surface area contributed by atoms with Crippen LogP contribution in [0.2, 0.25) is 0 Å². The van der Waals surface area contributed by atoms with Crippen LogP contribution in [0.15, 0.2) is 64.0 Å². The van der Waals surface area contributed by atoms with E-state index in [2.05, 4.69) is 10.2 Å². The highest BCUT2D eigenvalue weighted by Crippen LogP contribution is 2.28. The second-order valence-corrected chi connectivity index (χ2v) is 8.12. The van der Waals surface area contributed by atoms with Crippen molar-refractivity contribution in [1.82, 2.24) is 19.7 Å². The molecule has 0 unspecified atom stereocenters. The van der Waals surface area contributed by atoms with Crippen molar-refractivity contribution in [3.8, 4) is 22.5 Å². The summed E-state index contributed by atoms with van der Waals surface area (Å²) in [5, 5.41) is 7.52. The lowest BCUT2D eigenvalue weighted by Crippen LogP contribution is -2.39. The second kappa shape index (κ2) is 7.95. The number of fused-ring (bicyclic) bond motifs is 1. The molecule has 2 aromatic carbocycles. The highest BCUT2D eigenvalue weighted by molar-refractivity contribution is 5.84. The lowest BCUT2D eigenvalue weighted by molar-refractivity contribution is -0.184. The number of halogens is 3. The van der Waals surface area contributed by atoms with E-state index in [9.17, 15) is 22.8 Å². The number of amides is 1. The maximum atomic E-state index is 12.7. The van der Waals surface area contributed by atoms with E-state index in [1.54, 1.807) is 6.26 Å². The summed E-state index contributed by atoms with van der Waals surface area (Å²) >= 11 is 0. The molecule has 3 heterocycles. The lowest BCUT2D eigenvalue weighted by Gasteiger charge is -2.18. The van der Waals surface area contributed by atoms with Gasteiger partial charge in [0.2, 0.25) is 0 Å². The van der Waals surface area contributed by atoms with Crippen LogP contribution in [0.4, 0.5) is 13.2 Å². The minimum Gasteiger partial charge on any atom is -0.464 e. The summed E-state index contributed by atoms with van der Waals surface area (Å²) in [6.45, 7) is 0.136. The topological polar surface area (TPSA) is 84.1 Å². The van der Waals surface area contributed by atoms with Crippen molar-refractivity contribution in [3.63, 3.8) is 0 Å². The monoisotopic (exact) mass is 456 g/mol. The van der Waals surface area contributed by atoms with Gasteiger partial charge in [-0.3, -0.25) is 9.36 Å². The molecule has 4 aromatic rings. The molecule has 7 nitrogen and oxygen atoms in total. The molecule has 170 valence electrons. The Hall–Kier alpha value is -3.82. The average Bonchev–Trinajstić information content (AvgIpc) is 3.53. The Morgan fingerprint density at radius 1 is 1.09 bits per heavy atom. The van der Waals surface area contributed by atoms with E-state index in [4.69, 9.17) is 4.42 Å². The molecule has 1 aliphatic rings. The van der Waals surface area contributed by atoms with E-state index >= 15 is 0 Å². The smallest absolute Gasteiger partial charge is 0.464 e. The number of furan rings is 1. The van der Waals surface area contributed by atoms with E-state index < -0.39 is 17.8 Å². The molecule has 1 fully saturated rings.